The van der Waals surface area contributed by atoms with Gasteiger partial charge in [0, 0.05) is 17.5 Å². The summed E-state index contributed by atoms with van der Waals surface area (Å²) < 4.78 is 5.02. The first-order valence-electron chi connectivity index (χ1n) is 9.52. The summed E-state index contributed by atoms with van der Waals surface area (Å²) in [5, 5.41) is 4.70. The molecule has 0 heterocycles. The van der Waals surface area contributed by atoms with Crippen LogP contribution in [0.2, 0.25) is 0 Å². The van der Waals surface area contributed by atoms with E-state index in [9.17, 15) is 19.2 Å². The van der Waals surface area contributed by atoms with Gasteiger partial charge in [-0.3, -0.25) is 19.7 Å². The third-order valence-corrected chi connectivity index (χ3v) is 4.38. The molecule has 7 nitrogen and oxygen atoms in total. The van der Waals surface area contributed by atoms with E-state index in [0.717, 1.165) is 19.3 Å². The lowest BCUT2D eigenvalue weighted by atomic mass is 10.0. The Kier molecular flexibility index (Phi) is 6.94. The summed E-state index contributed by atoms with van der Waals surface area (Å²) in [5.74, 6) is -1.51. The summed E-state index contributed by atoms with van der Waals surface area (Å²) in [5.41, 5.74) is 2.58. The first-order chi connectivity index (χ1) is 13.0. The number of esters is 1. The van der Waals surface area contributed by atoms with Gasteiger partial charge in [0.05, 0.1) is 6.42 Å². The van der Waals surface area contributed by atoms with Crippen molar-refractivity contribution >= 4 is 23.7 Å². The van der Waals surface area contributed by atoms with Crippen LogP contribution in [-0.2, 0) is 27.2 Å². The largest absolute Gasteiger partial charge is 0.453 e. The van der Waals surface area contributed by atoms with E-state index in [1.165, 1.54) is 18.1 Å². The standard InChI is InChI=1S/C21H28N2O5/c1-13(19(26)22-20(27)23-21(2,3)4)28-18(25)11-10-17(24)16-9-8-14-6-5-7-15(14)12-16/h8-9,12-13H,5-7,10-11H2,1-4H3,(H2,22,23,26,27)/t13-/m1/s1. The molecule has 0 bridgehead atoms. The number of ketones is 1. The number of imide groups is 1. The number of carbonyl (C=O) groups is 4. The number of Topliss-reactive ketones (excluding diaryl/α,β-unsaturated/α-hetero) is 1. The lowest BCUT2D eigenvalue weighted by Gasteiger charge is -2.21. The zero-order valence-electron chi connectivity index (χ0n) is 16.9. The molecule has 152 valence electrons. The van der Waals surface area contributed by atoms with Crippen LogP contribution in [0.25, 0.3) is 0 Å². The fourth-order valence-corrected chi connectivity index (χ4v) is 3.00. The molecule has 0 aromatic heterocycles. The molecule has 1 aromatic carbocycles. The Morgan fingerprint density at radius 3 is 2.43 bits per heavy atom. The number of urea groups is 1. The molecule has 7 heteroatoms. The van der Waals surface area contributed by atoms with Gasteiger partial charge in [-0.2, -0.15) is 0 Å². The third-order valence-electron chi connectivity index (χ3n) is 4.38. The maximum Gasteiger partial charge on any atom is 0.321 e. The van der Waals surface area contributed by atoms with Gasteiger partial charge in [0.1, 0.15) is 0 Å². The van der Waals surface area contributed by atoms with Crippen molar-refractivity contribution in [2.75, 3.05) is 0 Å². The average Bonchev–Trinajstić information content (AvgIpc) is 3.05. The molecule has 28 heavy (non-hydrogen) atoms. The van der Waals surface area contributed by atoms with Crippen LogP contribution in [-0.4, -0.2) is 35.3 Å². The molecule has 0 unspecified atom stereocenters. The number of benzene rings is 1. The lowest BCUT2D eigenvalue weighted by Crippen LogP contribution is -2.50. The number of ether oxygens (including phenoxy) is 1. The maximum atomic E-state index is 12.3. The van der Waals surface area contributed by atoms with E-state index in [4.69, 9.17) is 4.74 Å². The van der Waals surface area contributed by atoms with Crippen LogP contribution >= 0.6 is 0 Å². The van der Waals surface area contributed by atoms with Gasteiger partial charge in [-0.05, 0) is 64.2 Å². The van der Waals surface area contributed by atoms with E-state index in [2.05, 4.69) is 10.6 Å². The van der Waals surface area contributed by atoms with Gasteiger partial charge in [0.25, 0.3) is 5.91 Å². The Hall–Kier alpha value is -2.70. The highest BCUT2D eigenvalue weighted by molar-refractivity contribution is 5.99. The SMILES string of the molecule is C[C@@H](OC(=O)CCC(=O)c1ccc2c(c1)CCC2)C(=O)NC(=O)NC(C)(C)C. The van der Waals surface area contributed by atoms with Gasteiger partial charge in [-0.25, -0.2) is 4.79 Å². The van der Waals surface area contributed by atoms with Crippen molar-refractivity contribution in [1.82, 2.24) is 10.6 Å². The number of amides is 3. The minimum Gasteiger partial charge on any atom is -0.453 e. The second-order valence-electron chi connectivity index (χ2n) is 8.09. The number of hydrogen-bond acceptors (Lipinski definition) is 5. The zero-order valence-corrected chi connectivity index (χ0v) is 16.9. The summed E-state index contributed by atoms with van der Waals surface area (Å²) in [7, 11) is 0. The Labute approximate surface area is 165 Å². The first-order valence-corrected chi connectivity index (χ1v) is 9.52. The van der Waals surface area contributed by atoms with Crippen LogP contribution in [0.15, 0.2) is 18.2 Å². The lowest BCUT2D eigenvalue weighted by molar-refractivity contribution is -0.154. The average molecular weight is 388 g/mol. The summed E-state index contributed by atoms with van der Waals surface area (Å²) in [6.07, 6.45) is 1.89. The van der Waals surface area contributed by atoms with Crippen LogP contribution in [0.4, 0.5) is 4.79 Å². The molecule has 0 fully saturated rings. The third kappa shape index (κ3) is 6.48. The predicted octanol–water partition coefficient (Wildman–Crippen LogP) is 2.69. The van der Waals surface area contributed by atoms with E-state index in [0.29, 0.717) is 5.56 Å². The number of fused-ring (bicyclic) bond motifs is 1. The van der Waals surface area contributed by atoms with E-state index < -0.39 is 29.6 Å². The zero-order chi connectivity index (χ0) is 20.9. The molecular formula is C21H28N2O5. The molecule has 2 N–H and O–H groups in total. The van der Waals surface area contributed by atoms with E-state index in [1.807, 2.05) is 12.1 Å². The first kappa shape index (κ1) is 21.6. The topological polar surface area (TPSA) is 102 Å². The number of rotatable bonds is 6. The molecule has 3 amide bonds. The highest BCUT2D eigenvalue weighted by Gasteiger charge is 2.22. The minimum absolute atomic E-state index is 0.0104. The van der Waals surface area contributed by atoms with Crippen molar-refractivity contribution in [2.45, 2.75) is 71.4 Å². The highest BCUT2D eigenvalue weighted by Crippen LogP contribution is 2.23. The molecule has 0 saturated carbocycles. The molecule has 0 radical (unpaired) electrons. The van der Waals surface area contributed by atoms with Gasteiger partial charge in [-0.1, -0.05) is 12.1 Å². The van der Waals surface area contributed by atoms with Crippen LogP contribution < -0.4 is 10.6 Å². The van der Waals surface area contributed by atoms with Gasteiger partial charge >= 0.3 is 12.0 Å². The van der Waals surface area contributed by atoms with Gasteiger partial charge in [-0.15, -0.1) is 0 Å². The Bertz CT molecular complexity index is 779. The summed E-state index contributed by atoms with van der Waals surface area (Å²) in [4.78, 5) is 47.9. The summed E-state index contributed by atoms with van der Waals surface area (Å²) >= 11 is 0. The second kappa shape index (κ2) is 8.99. The van der Waals surface area contributed by atoms with Crippen molar-refractivity contribution in [2.24, 2.45) is 0 Å². The van der Waals surface area contributed by atoms with Crippen molar-refractivity contribution in [3.63, 3.8) is 0 Å². The number of carbonyl (C=O) groups excluding carboxylic acids is 4. The minimum atomic E-state index is -1.13. The van der Waals surface area contributed by atoms with Crippen molar-refractivity contribution in [1.29, 1.82) is 0 Å². The van der Waals surface area contributed by atoms with Crippen LogP contribution in [0, 0.1) is 0 Å². The molecule has 0 spiro atoms. The smallest absolute Gasteiger partial charge is 0.321 e. The maximum absolute atomic E-state index is 12.3. The van der Waals surface area contributed by atoms with Gasteiger partial charge in [0.2, 0.25) is 0 Å². The second-order valence-corrected chi connectivity index (χ2v) is 8.09. The normalized spacial score (nSPS) is 14.0. The van der Waals surface area contributed by atoms with E-state index in [-0.39, 0.29) is 18.6 Å². The summed E-state index contributed by atoms with van der Waals surface area (Å²) in [6, 6.07) is 5.01. The Morgan fingerprint density at radius 2 is 1.75 bits per heavy atom. The molecule has 0 aliphatic heterocycles. The fourth-order valence-electron chi connectivity index (χ4n) is 3.00. The summed E-state index contributed by atoms with van der Waals surface area (Å²) in [6.45, 7) is 6.70. The number of hydrogen-bond donors (Lipinski definition) is 2. The van der Waals surface area contributed by atoms with Gasteiger partial charge < -0.3 is 10.1 Å². The number of nitrogens with one attached hydrogen (secondary N) is 2. The molecule has 2 rings (SSSR count). The predicted molar refractivity (Wildman–Crippen MR) is 104 cm³/mol. The van der Waals surface area contributed by atoms with E-state index >= 15 is 0 Å². The molecular weight excluding hydrogens is 360 g/mol. The van der Waals surface area contributed by atoms with Crippen molar-refractivity contribution < 1.29 is 23.9 Å². The van der Waals surface area contributed by atoms with Crippen LogP contribution in [0.5, 0.6) is 0 Å². The van der Waals surface area contributed by atoms with Crippen molar-refractivity contribution in [3.05, 3.63) is 34.9 Å². The molecule has 1 aliphatic carbocycles. The van der Waals surface area contributed by atoms with E-state index in [1.54, 1.807) is 26.8 Å². The van der Waals surface area contributed by atoms with Crippen LogP contribution in [0.3, 0.4) is 0 Å². The monoisotopic (exact) mass is 388 g/mol. The molecule has 0 saturated heterocycles. The molecule has 1 aromatic rings. The molecule has 1 aliphatic rings. The Morgan fingerprint density at radius 1 is 1.07 bits per heavy atom. The van der Waals surface area contributed by atoms with Gasteiger partial charge in [0.15, 0.2) is 11.9 Å². The molecule has 1 atom stereocenters. The fraction of sp³-hybridized carbons (Fsp3) is 0.524. The highest BCUT2D eigenvalue weighted by atomic mass is 16.5. The quantitative estimate of drug-likeness (QED) is 0.576. The van der Waals surface area contributed by atoms with Crippen molar-refractivity contribution in [3.8, 4) is 0 Å². The van der Waals surface area contributed by atoms with Crippen LogP contribution in [0.1, 0.15) is 68.4 Å². The Balaban J connectivity index is 1.77. The number of aryl methyl sites for hydroxylation is 2.